The van der Waals surface area contributed by atoms with Gasteiger partial charge in [0.2, 0.25) is 0 Å². The molecular weight excluding hydrogens is 292 g/mol. The second-order valence-corrected chi connectivity index (χ2v) is 7.85. The van der Waals surface area contributed by atoms with Gasteiger partial charge >= 0.3 is 0 Å². The van der Waals surface area contributed by atoms with Crippen molar-refractivity contribution in [1.29, 1.82) is 0 Å². The third-order valence-electron chi connectivity index (χ3n) is 5.29. The lowest BCUT2D eigenvalue weighted by atomic mass is 10.00. The summed E-state index contributed by atoms with van der Waals surface area (Å²) in [6, 6.07) is 9.86. The van der Waals surface area contributed by atoms with Crippen molar-refractivity contribution in [3.05, 3.63) is 24.3 Å². The van der Waals surface area contributed by atoms with E-state index in [1.165, 1.54) is 49.9 Å². The van der Waals surface area contributed by atoms with Crippen LogP contribution in [0.1, 0.15) is 80.1 Å². The van der Waals surface area contributed by atoms with Gasteiger partial charge in [0.05, 0.1) is 0 Å². The van der Waals surface area contributed by atoms with E-state index in [1.54, 1.807) is 0 Å². The molecule has 0 aromatic heterocycles. The predicted octanol–water partition coefficient (Wildman–Crippen LogP) is 6.94. The van der Waals surface area contributed by atoms with Gasteiger partial charge in [0, 0.05) is 23.5 Å². The van der Waals surface area contributed by atoms with Gasteiger partial charge in [-0.3, -0.25) is 0 Å². The summed E-state index contributed by atoms with van der Waals surface area (Å²) < 4.78 is 0. The van der Waals surface area contributed by atoms with E-state index < -0.39 is 0 Å². The summed E-state index contributed by atoms with van der Waals surface area (Å²) in [5, 5.41) is 7.24. The molecule has 0 heterocycles. The van der Waals surface area contributed by atoms with Crippen LogP contribution in [0.3, 0.4) is 0 Å². The van der Waals surface area contributed by atoms with E-state index in [-0.39, 0.29) is 0 Å². The summed E-state index contributed by atoms with van der Waals surface area (Å²) in [7, 11) is 0. The van der Waals surface area contributed by atoms with E-state index >= 15 is 0 Å². The van der Waals surface area contributed by atoms with Crippen LogP contribution >= 0.6 is 0 Å². The fraction of sp³-hybridized carbons (Fsp3) is 0.727. The molecule has 24 heavy (non-hydrogen) atoms. The van der Waals surface area contributed by atoms with Crippen LogP contribution < -0.4 is 10.6 Å². The fourth-order valence-corrected chi connectivity index (χ4v) is 2.85. The number of benzene rings is 1. The summed E-state index contributed by atoms with van der Waals surface area (Å²) in [5.41, 5.74) is 2.45. The lowest BCUT2D eigenvalue weighted by Crippen LogP contribution is -2.17. The zero-order valence-electron chi connectivity index (χ0n) is 16.9. The van der Waals surface area contributed by atoms with Crippen LogP contribution in [0.2, 0.25) is 0 Å². The van der Waals surface area contributed by atoms with Crippen LogP contribution in [0.4, 0.5) is 11.4 Å². The van der Waals surface area contributed by atoms with E-state index in [4.69, 9.17) is 0 Å². The zero-order valence-corrected chi connectivity index (χ0v) is 16.9. The molecule has 2 heteroatoms. The Morgan fingerprint density at radius 2 is 0.958 bits per heavy atom. The molecule has 0 saturated heterocycles. The van der Waals surface area contributed by atoms with E-state index in [0.717, 1.165) is 11.8 Å². The third-order valence-corrected chi connectivity index (χ3v) is 5.29. The van der Waals surface area contributed by atoms with Gasteiger partial charge in [-0.25, -0.2) is 0 Å². The Morgan fingerprint density at radius 3 is 1.25 bits per heavy atom. The Bertz CT molecular complexity index is 385. The minimum Gasteiger partial charge on any atom is -0.383 e. The zero-order chi connectivity index (χ0) is 17.9. The topological polar surface area (TPSA) is 24.1 Å². The molecule has 0 spiro atoms. The van der Waals surface area contributed by atoms with Crippen LogP contribution in [0, 0.1) is 11.8 Å². The quantitative estimate of drug-likeness (QED) is 0.433. The summed E-state index contributed by atoms with van der Waals surface area (Å²) in [6.07, 6.45) is 7.64. The minimum absolute atomic E-state index is 0.535. The molecule has 0 saturated carbocycles. The molecule has 0 aliphatic carbocycles. The van der Waals surface area contributed by atoms with Crippen LogP contribution in [-0.2, 0) is 0 Å². The molecule has 2 nitrogen and oxygen atoms in total. The fourth-order valence-electron chi connectivity index (χ4n) is 2.85. The van der Waals surface area contributed by atoms with Gasteiger partial charge in [-0.05, 0) is 75.6 Å². The number of hydrogen-bond acceptors (Lipinski definition) is 2. The van der Waals surface area contributed by atoms with Crippen molar-refractivity contribution < 1.29 is 0 Å². The van der Waals surface area contributed by atoms with E-state index in [0.29, 0.717) is 12.1 Å². The Labute approximate surface area is 150 Å². The molecule has 0 amide bonds. The third kappa shape index (κ3) is 8.61. The molecule has 2 N–H and O–H groups in total. The minimum atomic E-state index is 0.535. The van der Waals surface area contributed by atoms with Crippen LogP contribution in [0.5, 0.6) is 0 Å². The first-order chi connectivity index (χ1) is 11.4. The Balaban J connectivity index is 2.36. The van der Waals surface area contributed by atoms with E-state index in [9.17, 15) is 0 Å². The van der Waals surface area contributed by atoms with Crippen molar-refractivity contribution in [3.8, 4) is 0 Å². The highest BCUT2D eigenvalue weighted by molar-refractivity contribution is 5.54. The van der Waals surface area contributed by atoms with Crippen molar-refractivity contribution in [2.45, 2.75) is 92.2 Å². The Kier molecular flexibility index (Phi) is 9.90. The molecule has 0 aliphatic rings. The van der Waals surface area contributed by atoms with Crippen molar-refractivity contribution in [2.24, 2.45) is 11.8 Å². The van der Waals surface area contributed by atoms with Gasteiger partial charge in [-0.2, -0.15) is 0 Å². The molecule has 4 unspecified atom stereocenters. The van der Waals surface area contributed by atoms with Gasteiger partial charge in [0.15, 0.2) is 0 Å². The maximum absolute atomic E-state index is 3.62. The highest BCUT2D eigenvalue weighted by Gasteiger charge is 2.07. The average Bonchev–Trinajstić information content (AvgIpc) is 2.59. The molecular formula is C22H40N2. The van der Waals surface area contributed by atoms with Gasteiger partial charge in [-0.1, -0.05) is 40.5 Å². The first kappa shape index (κ1) is 20.9. The summed E-state index contributed by atoms with van der Waals surface area (Å²) in [6.45, 7) is 13.8. The van der Waals surface area contributed by atoms with Gasteiger partial charge in [0.1, 0.15) is 0 Å². The van der Waals surface area contributed by atoms with Gasteiger partial charge in [-0.15, -0.1) is 0 Å². The number of nitrogens with one attached hydrogen (secondary N) is 2. The molecule has 1 rings (SSSR count). The molecule has 0 bridgehead atoms. The summed E-state index contributed by atoms with van der Waals surface area (Å²) in [5.74, 6) is 1.66. The summed E-state index contributed by atoms with van der Waals surface area (Å²) >= 11 is 0. The van der Waals surface area contributed by atoms with Crippen molar-refractivity contribution in [1.82, 2.24) is 0 Å². The number of anilines is 2. The van der Waals surface area contributed by atoms with Crippen LogP contribution in [-0.4, -0.2) is 12.1 Å². The SMILES string of the molecule is CCC(C)CCC(C)Nc1ccc(NC(C)CCC(C)CC)cc1. The first-order valence-corrected chi connectivity index (χ1v) is 10.1. The second-order valence-electron chi connectivity index (χ2n) is 7.85. The molecule has 0 radical (unpaired) electrons. The van der Waals surface area contributed by atoms with Gasteiger partial charge in [0.25, 0.3) is 0 Å². The van der Waals surface area contributed by atoms with Crippen LogP contribution in [0.25, 0.3) is 0 Å². The van der Waals surface area contributed by atoms with Crippen molar-refractivity contribution in [2.75, 3.05) is 10.6 Å². The molecule has 1 aromatic rings. The maximum Gasteiger partial charge on any atom is 0.0343 e. The molecule has 4 atom stereocenters. The highest BCUT2D eigenvalue weighted by Crippen LogP contribution is 2.19. The summed E-state index contributed by atoms with van der Waals surface area (Å²) in [4.78, 5) is 0. The monoisotopic (exact) mass is 332 g/mol. The molecule has 138 valence electrons. The average molecular weight is 333 g/mol. The number of rotatable bonds is 12. The smallest absolute Gasteiger partial charge is 0.0343 e. The van der Waals surface area contributed by atoms with Crippen LogP contribution in [0.15, 0.2) is 24.3 Å². The number of hydrogen-bond donors (Lipinski definition) is 2. The first-order valence-electron chi connectivity index (χ1n) is 10.1. The van der Waals surface area contributed by atoms with Gasteiger partial charge < -0.3 is 10.6 Å². The highest BCUT2D eigenvalue weighted by atomic mass is 14.9. The van der Waals surface area contributed by atoms with E-state index in [2.05, 4.69) is 76.4 Å². The Morgan fingerprint density at radius 1 is 0.625 bits per heavy atom. The largest absolute Gasteiger partial charge is 0.383 e. The standard InChI is InChI=1S/C22H40N2/c1-7-17(3)9-11-19(5)23-21-13-15-22(16-14-21)24-20(6)12-10-18(4)8-2/h13-20,23-24H,7-12H2,1-6H3. The van der Waals surface area contributed by atoms with E-state index in [1.807, 2.05) is 0 Å². The lowest BCUT2D eigenvalue weighted by molar-refractivity contribution is 0.477. The predicted molar refractivity (Wildman–Crippen MR) is 110 cm³/mol. The maximum atomic E-state index is 3.62. The Hall–Kier alpha value is -1.18. The normalized spacial score (nSPS) is 16.2. The van der Waals surface area contributed by atoms with Crippen molar-refractivity contribution in [3.63, 3.8) is 0 Å². The second kappa shape index (κ2) is 11.4. The molecule has 0 aliphatic heterocycles. The lowest BCUT2D eigenvalue weighted by Gasteiger charge is -2.19. The molecule has 0 fully saturated rings. The van der Waals surface area contributed by atoms with Crippen molar-refractivity contribution >= 4 is 11.4 Å². The molecule has 1 aromatic carbocycles.